The predicted molar refractivity (Wildman–Crippen MR) is 235 cm³/mol. The van der Waals surface area contributed by atoms with Gasteiger partial charge in [-0.3, -0.25) is 4.98 Å². The fourth-order valence-corrected chi connectivity index (χ4v) is 8.92. The zero-order valence-corrected chi connectivity index (χ0v) is 31.6. The van der Waals surface area contributed by atoms with Crippen molar-refractivity contribution in [2.24, 2.45) is 0 Å². The van der Waals surface area contributed by atoms with E-state index in [-0.39, 0.29) is 5.41 Å². The summed E-state index contributed by atoms with van der Waals surface area (Å²) >= 11 is 0. The quantitative estimate of drug-likeness (QED) is 0.166. The summed E-state index contributed by atoms with van der Waals surface area (Å²) in [7, 11) is 0. The summed E-state index contributed by atoms with van der Waals surface area (Å²) in [6.07, 6.45) is 3.66. The van der Waals surface area contributed by atoms with E-state index in [4.69, 9.17) is 15.0 Å². The largest absolute Gasteiger partial charge is 0.264 e. The summed E-state index contributed by atoms with van der Waals surface area (Å²) in [6, 6.07) is 60.6. The topological polar surface area (TPSA) is 51.6 Å². The Balaban J connectivity index is 1.02. The number of nitrogens with zero attached hydrogens (tertiary/aromatic N) is 4. The van der Waals surface area contributed by atoms with Crippen molar-refractivity contribution in [3.05, 3.63) is 193 Å². The van der Waals surface area contributed by atoms with Crippen molar-refractivity contribution in [1.82, 2.24) is 19.9 Å². The Bertz CT molecular complexity index is 3170. The van der Waals surface area contributed by atoms with Crippen molar-refractivity contribution < 1.29 is 0 Å². The van der Waals surface area contributed by atoms with Crippen molar-refractivity contribution in [2.45, 2.75) is 19.3 Å². The number of hydrogen-bond donors (Lipinski definition) is 0. The molecule has 268 valence electrons. The smallest absolute Gasteiger partial charge is 0.164 e. The lowest BCUT2D eigenvalue weighted by Crippen LogP contribution is -2.14. The molecule has 1 aliphatic carbocycles. The molecule has 0 saturated heterocycles. The molecule has 4 heteroatoms. The second kappa shape index (κ2) is 12.9. The first kappa shape index (κ1) is 33.1. The zero-order chi connectivity index (χ0) is 38.1. The van der Waals surface area contributed by atoms with Gasteiger partial charge < -0.3 is 0 Å². The molecule has 0 spiro atoms. The molecule has 2 heterocycles. The van der Waals surface area contributed by atoms with Crippen LogP contribution in [0.4, 0.5) is 0 Å². The van der Waals surface area contributed by atoms with E-state index in [0.717, 1.165) is 33.4 Å². The lowest BCUT2D eigenvalue weighted by Gasteiger charge is -2.22. The highest BCUT2D eigenvalue weighted by molar-refractivity contribution is 6.29. The van der Waals surface area contributed by atoms with E-state index in [1.165, 1.54) is 60.1 Å². The van der Waals surface area contributed by atoms with Gasteiger partial charge in [0.2, 0.25) is 0 Å². The van der Waals surface area contributed by atoms with Crippen LogP contribution in [0.25, 0.3) is 99.9 Å². The summed E-state index contributed by atoms with van der Waals surface area (Å²) in [5.41, 5.74) is 12.7. The van der Waals surface area contributed by atoms with Crippen molar-refractivity contribution in [1.29, 1.82) is 0 Å². The Hall–Kier alpha value is -7.30. The van der Waals surface area contributed by atoms with Gasteiger partial charge in [0.15, 0.2) is 17.5 Å². The van der Waals surface area contributed by atoms with E-state index in [1.54, 1.807) is 6.20 Å². The Morgan fingerprint density at radius 2 is 0.877 bits per heavy atom. The van der Waals surface area contributed by atoms with Crippen molar-refractivity contribution in [2.75, 3.05) is 0 Å². The molecule has 57 heavy (non-hydrogen) atoms. The Morgan fingerprint density at radius 1 is 0.368 bits per heavy atom. The molecule has 0 radical (unpaired) electrons. The summed E-state index contributed by atoms with van der Waals surface area (Å²) in [6.45, 7) is 4.71. The molecule has 0 atom stereocenters. The molecule has 0 bridgehead atoms. The average molecular weight is 729 g/mol. The van der Waals surface area contributed by atoms with Gasteiger partial charge in [0.1, 0.15) is 0 Å². The highest BCUT2D eigenvalue weighted by Crippen LogP contribution is 2.53. The zero-order valence-electron chi connectivity index (χ0n) is 31.6. The van der Waals surface area contributed by atoms with Gasteiger partial charge in [-0.25, -0.2) is 15.0 Å². The number of fused-ring (bicyclic) bond motifs is 10. The van der Waals surface area contributed by atoms with Crippen LogP contribution < -0.4 is 0 Å². The summed E-state index contributed by atoms with van der Waals surface area (Å²) in [5, 5.41) is 7.74. The van der Waals surface area contributed by atoms with Gasteiger partial charge in [-0.2, -0.15) is 0 Å². The minimum atomic E-state index is -0.0637. The third-order valence-electron chi connectivity index (χ3n) is 11.8. The molecule has 0 aliphatic heterocycles. The standard InChI is InChI=1S/C53H36N4/c1-53(2)46-17-9-8-16-44(46)49-47(53)29-28-42-40-14-6-7-15-41(40)45-31-38(26-27-43(45)48(42)49)33-18-22-36(23-19-33)51-55-50(35-11-4-3-5-12-35)56-52(57-51)37-24-20-34(21-25-37)39-13-10-30-54-32-39/h3-32H,1-2H3. The minimum Gasteiger partial charge on any atom is -0.264 e. The molecule has 4 nitrogen and oxygen atoms in total. The van der Waals surface area contributed by atoms with Gasteiger partial charge >= 0.3 is 0 Å². The van der Waals surface area contributed by atoms with E-state index >= 15 is 0 Å². The van der Waals surface area contributed by atoms with Crippen molar-refractivity contribution in [3.8, 4) is 67.5 Å². The molecule has 8 aromatic carbocycles. The minimum absolute atomic E-state index is 0.0637. The molecule has 2 aromatic heterocycles. The molecule has 0 saturated carbocycles. The number of pyridine rings is 1. The van der Waals surface area contributed by atoms with Crippen LogP contribution >= 0.6 is 0 Å². The van der Waals surface area contributed by atoms with Crippen LogP contribution in [0, 0.1) is 0 Å². The third-order valence-corrected chi connectivity index (χ3v) is 11.8. The lowest BCUT2D eigenvalue weighted by atomic mass is 9.81. The summed E-state index contributed by atoms with van der Waals surface area (Å²) in [5.74, 6) is 1.91. The van der Waals surface area contributed by atoms with Crippen LogP contribution in [0.1, 0.15) is 25.0 Å². The van der Waals surface area contributed by atoms with Crippen LogP contribution in [-0.4, -0.2) is 19.9 Å². The first-order valence-electron chi connectivity index (χ1n) is 19.5. The molecule has 1 aliphatic rings. The Labute approximate surface area is 331 Å². The van der Waals surface area contributed by atoms with Crippen LogP contribution in [0.5, 0.6) is 0 Å². The predicted octanol–water partition coefficient (Wildman–Crippen LogP) is 13.4. The van der Waals surface area contributed by atoms with E-state index in [1.807, 2.05) is 42.6 Å². The number of rotatable bonds is 5. The maximum Gasteiger partial charge on any atom is 0.164 e. The maximum absolute atomic E-state index is 5.03. The van der Waals surface area contributed by atoms with Crippen molar-refractivity contribution in [3.63, 3.8) is 0 Å². The summed E-state index contributed by atoms with van der Waals surface area (Å²) < 4.78 is 0. The molecular formula is C53H36N4. The monoisotopic (exact) mass is 728 g/mol. The molecule has 11 rings (SSSR count). The second-order valence-electron chi connectivity index (χ2n) is 15.5. The molecule has 0 N–H and O–H groups in total. The third kappa shape index (κ3) is 5.37. The average Bonchev–Trinajstić information content (AvgIpc) is 3.52. The molecule has 10 aromatic rings. The fourth-order valence-electron chi connectivity index (χ4n) is 8.92. The van der Waals surface area contributed by atoms with Crippen LogP contribution in [0.3, 0.4) is 0 Å². The first-order valence-corrected chi connectivity index (χ1v) is 19.5. The van der Waals surface area contributed by atoms with Gasteiger partial charge in [0.25, 0.3) is 0 Å². The van der Waals surface area contributed by atoms with E-state index < -0.39 is 0 Å². The highest BCUT2D eigenvalue weighted by Gasteiger charge is 2.36. The second-order valence-corrected chi connectivity index (χ2v) is 15.5. The van der Waals surface area contributed by atoms with Crippen molar-refractivity contribution >= 4 is 32.3 Å². The van der Waals surface area contributed by atoms with E-state index in [9.17, 15) is 0 Å². The normalized spacial score (nSPS) is 12.9. The van der Waals surface area contributed by atoms with Gasteiger partial charge in [0.05, 0.1) is 0 Å². The van der Waals surface area contributed by atoms with Crippen LogP contribution in [-0.2, 0) is 5.41 Å². The van der Waals surface area contributed by atoms with Crippen LogP contribution in [0.2, 0.25) is 0 Å². The number of benzene rings is 8. The van der Waals surface area contributed by atoms with Gasteiger partial charge in [-0.15, -0.1) is 0 Å². The fraction of sp³-hybridized carbons (Fsp3) is 0.0566. The van der Waals surface area contributed by atoms with Gasteiger partial charge in [-0.05, 0) is 89.0 Å². The Kier molecular flexibility index (Phi) is 7.48. The molecule has 0 fully saturated rings. The number of aromatic nitrogens is 4. The first-order chi connectivity index (χ1) is 28.0. The maximum atomic E-state index is 5.03. The molecule has 0 amide bonds. The lowest BCUT2D eigenvalue weighted by molar-refractivity contribution is 0.661. The van der Waals surface area contributed by atoms with Gasteiger partial charge in [0, 0.05) is 34.5 Å². The number of hydrogen-bond acceptors (Lipinski definition) is 4. The summed E-state index contributed by atoms with van der Waals surface area (Å²) in [4.78, 5) is 19.3. The van der Waals surface area contributed by atoms with Gasteiger partial charge in [-0.1, -0.05) is 172 Å². The molecular weight excluding hydrogens is 693 g/mol. The SMILES string of the molecule is CC1(C)c2ccccc2-c2c1ccc1c3ccccc3c3cc(-c4ccc(-c5nc(-c6ccccc6)nc(-c6ccc(-c7cccnc7)cc6)n5)cc4)ccc3c21. The van der Waals surface area contributed by atoms with E-state index in [0.29, 0.717) is 17.5 Å². The van der Waals surface area contributed by atoms with Crippen LogP contribution in [0.15, 0.2) is 182 Å². The Morgan fingerprint density at radius 3 is 1.54 bits per heavy atom. The molecule has 0 unspecified atom stereocenters. The highest BCUT2D eigenvalue weighted by atomic mass is 15.0. The van der Waals surface area contributed by atoms with E-state index in [2.05, 4.69) is 152 Å².